The van der Waals surface area contributed by atoms with E-state index in [1.165, 1.54) is 11.1 Å². The Kier molecular flexibility index (Phi) is 11.3. The summed E-state index contributed by atoms with van der Waals surface area (Å²) in [6.07, 6.45) is 0. The highest BCUT2D eigenvalue weighted by Crippen LogP contribution is 2.51. The van der Waals surface area contributed by atoms with Crippen molar-refractivity contribution in [1.29, 1.82) is 0 Å². The fourth-order valence-corrected chi connectivity index (χ4v) is 13.5. The summed E-state index contributed by atoms with van der Waals surface area (Å²) in [5, 5.41) is 12.8. The summed E-state index contributed by atoms with van der Waals surface area (Å²) in [6.45, 7) is 13.6. The normalized spacial score (nSPS) is 12.4. The molecule has 4 heterocycles. The van der Waals surface area contributed by atoms with Gasteiger partial charge in [-0.1, -0.05) is 187 Å². The van der Waals surface area contributed by atoms with Gasteiger partial charge in [0.25, 0.3) is 0 Å². The zero-order chi connectivity index (χ0) is 59.2. The van der Waals surface area contributed by atoms with E-state index in [0.29, 0.717) is 0 Å². The Morgan fingerprint density at radius 3 is 1.05 bits per heavy atom. The van der Waals surface area contributed by atoms with Crippen LogP contribution in [0.1, 0.15) is 52.7 Å². The summed E-state index contributed by atoms with van der Waals surface area (Å²) in [6, 6.07) is 91.7. The smallest absolute Gasteiger partial charge is 0.160 e. The Labute approximate surface area is 508 Å². The lowest BCUT2D eigenvalue weighted by atomic mass is 9.87. The molecule has 0 aliphatic rings. The lowest BCUT2D eigenvalue weighted by Gasteiger charge is -2.29. The molecule has 0 fully saturated rings. The minimum Gasteiger partial charge on any atom is -0.456 e. The SMILES string of the molecule is CC(C)(C)c1ccc(N(c2ccc3cc4c(cc3c2)oc2cc3oc5cc6cc(N(c7ccc(C(C)(C)C)cc7)c7c(-c8ccccc8)ccc8c7oc7ccccc78)ccc6cc5c3cc24)c2c(-c3ccccc3)ccc3c2oc2ccccc23)cc1. The number of furan rings is 4. The third-order valence-corrected chi connectivity index (χ3v) is 18.1. The second kappa shape index (κ2) is 19.3. The first-order chi connectivity index (χ1) is 42.8. The molecule has 0 atom stereocenters. The van der Waals surface area contributed by atoms with Gasteiger partial charge in [-0.3, -0.25) is 0 Å². The average Bonchev–Trinajstić information content (AvgIpc) is 1.86. The fourth-order valence-electron chi connectivity index (χ4n) is 13.5. The molecule has 0 radical (unpaired) electrons. The quantitative estimate of drug-likeness (QED) is 0.151. The largest absolute Gasteiger partial charge is 0.456 e. The molecular formula is C82H60N2O4. The number of hydrogen-bond acceptors (Lipinski definition) is 6. The summed E-state index contributed by atoms with van der Waals surface area (Å²) in [5.41, 5.74) is 19.4. The van der Waals surface area contributed by atoms with Crippen LogP contribution >= 0.6 is 0 Å². The van der Waals surface area contributed by atoms with E-state index in [1.807, 2.05) is 12.1 Å². The topological polar surface area (TPSA) is 59.0 Å². The Morgan fingerprint density at radius 1 is 0.250 bits per heavy atom. The first kappa shape index (κ1) is 51.6. The molecule has 6 nitrogen and oxygen atoms in total. The lowest BCUT2D eigenvalue weighted by molar-refractivity contribution is 0.590. The Balaban J connectivity index is 0.797. The van der Waals surface area contributed by atoms with Crippen LogP contribution in [-0.4, -0.2) is 0 Å². The van der Waals surface area contributed by atoms with Gasteiger partial charge in [-0.05, 0) is 158 Å². The average molecular weight is 1140 g/mol. The van der Waals surface area contributed by atoms with Crippen LogP contribution in [0.5, 0.6) is 0 Å². The van der Waals surface area contributed by atoms with Gasteiger partial charge in [-0.25, -0.2) is 0 Å². The molecule has 13 aromatic carbocycles. The molecule has 0 amide bonds. The Morgan fingerprint density at radius 2 is 0.625 bits per heavy atom. The minimum absolute atomic E-state index is 0.0139. The van der Waals surface area contributed by atoms with E-state index in [0.717, 1.165) is 166 Å². The van der Waals surface area contributed by atoms with E-state index in [-0.39, 0.29) is 10.8 Å². The molecule has 17 rings (SSSR count). The number of anilines is 6. The number of hydrogen-bond donors (Lipinski definition) is 0. The molecule has 0 spiro atoms. The van der Waals surface area contributed by atoms with E-state index < -0.39 is 0 Å². The predicted molar refractivity (Wildman–Crippen MR) is 368 cm³/mol. The summed E-state index contributed by atoms with van der Waals surface area (Å²) >= 11 is 0. The molecule has 0 saturated carbocycles. The number of para-hydroxylation sites is 2. The van der Waals surface area contributed by atoms with Crippen molar-refractivity contribution in [2.75, 3.05) is 9.80 Å². The van der Waals surface area contributed by atoms with Gasteiger partial charge >= 0.3 is 0 Å². The number of benzene rings is 13. The van der Waals surface area contributed by atoms with Gasteiger partial charge in [0.2, 0.25) is 0 Å². The van der Waals surface area contributed by atoms with Gasteiger partial charge in [0.1, 0.15) is 33.5 Å². The maximum absolute atomic E-state index is 6.92. The van der Waals surface area contributed by atoms with Crippen molar-refractivity contribution in [3.05, 3.63) is 266 Å². The molecular weight excluding hydrogens is 1080 g/mol. The van der Waals surface area contributed by atoms with Crippen molar-refractivity contribution < 1.29 is 17.7 Å². The van der Waals surface area contributed by atoms with Crippen molar-refractivity contribution in [3.63, 3.8) is 0 Å². The fraction of sp³-hybridized carbons (Fsp3) is 0.0976. The molecule has 0 bridgehead atoms. The van der Waals surface area contributed by atoms with Gasteiger partial charge < -0.3 is 27.5 Å². The van der Waals surface area contributed by atoms with Crippen molar-refractivity contribution in [3.8, 4) is 22.3 Å². The maximum Gasteiger partial charge on any atom is 0.160 e. The first-order valence-electron chi connectivity index (χ1n) is 30.4. The molecule has 17 aromatic rings. The van der Waals surface area contributed by atoms with Crippen LogP contribution in [0, 0.1) is 0 Å². The number of fused-ring (bicyclic) bond motifs is 14. The maximum atomic E-state index is 6.92. The summed E-state index contributed by atoms with van der Waals surface area (Å²) < 4.78 is 27.6. The van der Waals surface area contributed by atoms with Gasteiger partial charge in [0.15, 0.2) is 11.2 Å². The van der Waals surface area contributed by atoms with Crippen LogP contribution in [0.3, 0.4) is 0 Å². The molecule has 6 heteroatoms. The minimum atomic E-state index is -0.0139. The molecule has 4 aromatic heterocycles. The van der Waals surface area contributed by atoms with Crippen LogP contribution in [-0.2, 0) is 10.8 Å². The second-order valence-electron chi connectivity index (χ2n) is 25.7. The van der Waals surface area contributed by atoms with Gasteiger partial charge in [-0.2, -0.15) is 0 Å². The van der Waals surface area contributed by atoms with Gasteiger partial charge in [-0.15, -0.1) is 0 Å². The van der Waals surface area contributed by atoms with Crippen molar-refractivity contribution in [2.45, 2.75) is 52.4 Å². The van der Waals surface area contributed by atoms with Crippen LogP contribution in [0.4, 0.5) is 34.1 Å². The Bertz CT molecular complexity index is 5290. The molecule has 0 aliphatic carbocycles. The van der Waals surface area contributed by atoms with Crippen molar-refractivity contribution in [1.82, 2.24) is 0 Å². The standard InChI is InChI=1S/C82H60N2O4/c1-81(2,3)55-27-33-57(34-28-55)83(77-61(49-17-9-7-10-18-49)37-39-65-63-21-13-15-23-71(63)87-79(65)77)59-31-25-51-43-67-69-47-70-68-44-52-26-32-60(42-54(52)46-74(68)86-76(70)48-75(69)85-73(67)45-53(51)41-59)84(58-35-29-56(30-36-58)82(4,5)6)78-62(50-19-11-8-12-20-50)38-40-66-64-22-14-16-24-72(64)88-80(66)78/h7-48H,1-6H3. The lowest BCUT2D eigenvalue weighted by Crippen LogP contribution is -2.14. The number of nitrogens with zero attached hydrogens (tertiary/aromatic N) is 2. The molecule has 88 heavy (non-hydrogen) atoms. The second-order valence-corrected chi connectivity index (χ2v) is 25.7. The van der Waals surface area contributed by atoms with E-state index in [9.17, 15) is 0 Å². The molecule has 0 N–H and O–H groups in total. The predicted octanol–water partition coefficient (Wildman–Crippen LogP) is 24.5. The summed E-state index contributed by atoms with van der Waals surface area (Å²) in [7, 11) is 0. The third-order valence-electron chi connectivity index (χ3n) is 18.1. The molecule has 0 unspecified atom stereocenters. The van der Waals surface area contributed by atoms with Gasteiger partial charge in [0.05, 0.1) is 11.4 Å². The summed E-state index contributed by atoms with van der Waals surface area (Å²) in [5.74, 6) is 0. The zero-order valence-corrected chi connectivity index (χ0v) is 49.8. The summed E-state index contributed by atoms with van der Waals surface area (Å²) in [4.78, 5) is 4.75. The first-order valence-corrected chi connectivity index (χ1v) is 30.4. The highest BCUT2D eigenvalue weighted by Gasteiger charge is 2.28. The molecule has 422 valence electrons. The molecule has 0 aliphatic heterocycles. The van der Waals surface area contributed by atoms with E-state index >= 15 is 0 Å². The molecule has 0 saturated heterocycles. The van der Waals surface area contributed by atoms with Crippen LogP contribution in [0.2, 0.25) is 0 Å². The monoisotopic (exact) mass is 1140 g/mol. The van der Waals surface area contributed by atoms with Crippen LogP contribution in [0.15, 0.2) is 272 Å². The number of rotatable bonds is 8. The van der Waals surface area contributed by atoms with Crippen LogP contribution < -0.4 is 9.80 Å². The highest BCUT2D eigenvalue weighted by atomic mass is 16.3. The van der Waals surface area contributed by atoms with E-state index in [1.54, 1.807) is 0 Å². The van der Waals surface area contributed by atoms with Crippen molar-refractivity contribution >= 4 is 143 Å². The third kappa shape index (κ3) is 8.31. The van der Waals surface area contributed by atoms with Crippen LogP contribution in [0.25, 0.3) is 132 Å². The van der Waals surface area contributed by atoms with E-state index in [4.69, 9.17) is 17.7 Å². The van der Waals surface area contributed by atoms with Crippen molar-refractivity contribution in [2.24, 2.45) is 0 Å². The Hall–Kier alpha value is -10.8. The van der Waals surface area contributed by atoms with E-state index in [2.05, 4.69) is 294 Å². The van der Waals surface area contributed by atoms with Gasteiger partial charge in [0, 0.05) is 83.0 Å². The highest BCUT2D eigenvalue weighted by molar-refractivity contribution is 6.20. The zero-order valence-electron chi connectivity index (χ0n) is 49.8.